The number of aliphatic carboxylic acids is 1. The molecule has 0 radical (unpaired) electrons. The van der Waals surface area contributed by atoms with Gasteiger partial charge in [0.15, 0.2) is 5.76 Å². The van der Waals surface area contributed by atoms with Gasteiger partial charge in [0.2, 0.25) is 5.71 Å². The van der Waals surface area contributed by atoms with E-state index in [0.717, 1.165) is 4.90 Å². The number of carboxylic acid groups (broad SMARTS) is 1. The maximum atomic E-state index is 12.6. The first-order chi connectivity index (χ1) is 13.8. The minimum absolute atomic E-state index is 0. The Kier molecular flexibility index (Phi) is 8.51. The monoisotopic (exact) mass is 464 g/mol. The van der Waals surface area contributed by atoms with Gasteiger partial charge in [0, 0.05) is 11.3 Å². The summed E-state index contributed by atoms with van der Waals surface area (Å²) in [5, 5.41) is 15.0. The predicted octanol–water partition coefficient (Wildman–Crippen LogP) is -1.18. The zero-order valence-corrected chi connectivity index (χ0v) is 15.8. The van der Waals surface area contributed by atoms with Crippen molar-refractivity contribution < 1.29 is 38.3 Å². The number of primary amides is 1. The zero-order chi connectivity index (χ0) is 21.1. The molecule has 0 bridgehead atoms. The first kappa shape index (κ1) is 24.4. The van der Waals surface area contributed by atoms with Crippen LogP contribution in [0.15, 0.2) is 39.2 Å². The van der Waals surface area contributed by atoms with E-state index in [1.165, 1.54) is 31.2 Å². The van der Waals surface area contributed by atoms with Crippen molar-refractivity contribution >= 4 is 92.7 Å². The van der Waals surface area contributed by atoms with Gasteiger partial charge in [-0.25, -0.2) is 9.59 Å². The Morgan fingerprint density at radius 2 is 2.20 bits per heavy atom. The van der Waals surface area contributed by atoms with Crippen LogP contribution in [0, 0.1) is 0 Å². The van der Waals surface area contributed by atoms with Crippen LogP contribution in [0.3, 0.4) is 0 Å². The summed E-state index contributed by atoms with van der Waals surface area (Å²) in [5.74, 6) is -2.38. The van der Waals surface area contributed by atoms with Crippen LogP contribution in [0.25, 0.3) is 0 Å². The van der Waals surface area contributed by atoms with E-state index in [0.29, 0.717) is 0 Å². The molecular weight excluding hydrogens is 447 g/mol. The van der Waals surface area contributed by atoms with Crippen molar-refractivity contribution in [3.8, 4) is 0 Å². The molecule has 3 heterocycles. The van der Waals surface area contributed by atoms with E-state index in [9.17, 15) is 24.3 Å². The number of β-lactam (4-membered cyclic amide) rings is 1. The second-order valence-corrected chi connectivity index (χ2v) is 6.93. The minimum atomic E-state index is -1.35. The topological polar surface area (TPSA) is 174 Å². The van der Waals surface area contributed by atoms with Gasteiger partial charge in [0.05, 0.1) is 6.26 Å². The molecule has 14 heteroatoms. The summed E-state index contributed by atoms with van der Waals surface area (Å²) in [6.45, 7) is -0.347. The van der Waals surface area contributed by atoms with Gasteiger partial charge in [-0.1, -0.05) is 5.16 Å². The molecule has 1 saturated heterocycles. The van der Waals surface area contributed by atoms with E-state index in [1.54, 1.807) is 6.07 Å². The molecule has 3 rings (SSSR count). The number of fused-ring (bicyclic) bond motifs is 1. The predicted molar refractivity (Wildman–Crippen MR) is 105 cm³/mol. The van der Waals surface area contributed by atoms with Crippen LogP contribution in [0.5, 0.6) is 0 Å². The van der Waals surface area contributed by atoms with Crippen LogP contribution in [-0.4, -0.2) is 122 Å². The number of amides is 3. The fraction of sp³-hybridized carbons (Fsp3) is 0.312. The number of thioether (sulfide) groups is 1. The Morgan fingerprint density at radius 3 is 2.77 bits per heavy atom. The Balaban J connectivity index is 0.00000320. The summed E-state index contributed by atoms with van der Waals surface area (Å²) < 4.78 is 9.79. The summed E-state index contributed by atoms with van der Waals surface area (Å²) in [7, 11) is 1.25. The van der Waals surface area contributed by atoms with Gasteiger partial charge in [-0.05, 0) is 12.1 Å². The van der Waals surface area contributed by atoms with Crippen LogP contribution >= 0.6 is 11.8 Å². The van der Waals surface area contributed by atoms with Crippen molar-refractivity contribution in [2.45, 2.75) is 11.4 Å². The Bertz CT molecular complexity index is 916. The number of rotatable bonds is 7. The van der Waals surface area contributed by atoms with Gasteiger partial charge in [0.1, 0.15) is 30.8 Å². The van der Waals surface area contributed by atoms with Crippen molar-refractivity contribution in [2.24, 2.45) is 10.9 Å². The number of carboxylic acids is 1. The van der Waals surface area contributed by atoms with E-state index < -0.39 is 35.3 Å². The molecule has 0 unspecified atom stereocenters. The van der Waals surface area contributed by atoms with Gasteiger partial charge < -0.3 is 30.1 Å². The first-order valence-corrected chi connectivity index (χ1v) is 9.18. The molecule has 0 saturated carbocycles. The molecule has 4 N–H and O–H groups in total. The van der Waals surface area contributed by atoms with E-state index in [2.05, 4.69) is 20.0 Å². The van der Waals surface area contributed by atoms with Crippen LogP contribution in [0.4, 0.5) is 4.79 Å². The molecule has 12 nitrogen and oxygen atoms in total. The second-order valence-electron chi connectivity index (χ2n) is 5.83. The third-order valence-electron chi connectivity index (χ3n) is 4.08. The van der Waals surface area contributed by atoms with Crippen LogP contribution in [0.2, 0.25) is 0 Å². The number of furan rings is 1. The van der Waals surface area contributed by atoms with Crippen LogP contribution in [-0.2, 0) is 24.0 Å². The first-order valence-electron chi connectivity index (χ1n) is 8.13. The standard InChI is InChI=1S/C16H16N4O8S.K.H/c1-26-19-9(8-3-2-4-27-8)12(21)18-10-13(22)20-11(15(23)24)7(5-28-16(17)25)6-29-14(10)20;;/h2-4,10,14H,5-6H2,1H3,(H2,17,25)(H,18,21)(H,23,24);;/t10-,14-;;/m1../s1. The molecule has 0 aromatic carbocycles. The molecule has 0 aliphatic carbocycles. The van der Waals surface area contributed by atoms with Crippen LogP contribution < -0.4 is 11.1 Å². The number of nitrogens with zero attached hydrogens (tertiary/aromatic N) is 2. The normalized spacial score (nSPS) is 20.5. The number of nitrogens with two attached hydrogens (primary N) is 1. The summed E-state index contributed by atoms with van der Waals surface area (Å²) in [6, 6.07) is 2.08. The number of oxime groups is 1. The van der Waals surface area contributed by atoms with Gasteiger partial charge >= 0.3 is 63.4 Å². The molecule has 1 aromatic rings. The number of carbonyl (C=O) groups excluding carboxylic acids is 3. The molecular formula is C16H17KN4O8S. The van der Waals surface area contributed by atoms with E-state index >= 15 is 0 Å². The average Bonchev–Trinajstić information content (AvgIpc) is 3.21. The third kappa shape index (κ3) is 4.89. The summed E-state index contributed by atoms with van der Waals surface area (Å²) >= 11 is 1.21. The molecule has 1 aromatic heterocycles. The average molecular weight is 464 g/mol. The Morgan fingerprint density at radius 1 is 1.47 bits per heavy atom. The quantitative estimate of drug-likeness (QED) is 0.194. The van der Waals surface area contributed by atoms with Gasteiger partial charge in [-0.15, -0.1) is 11.8 Å². The zero-order valence-electron chi connectivity index (χ0n) is 15.0. The molecule has 156 valence electrons. The van der Waals surface area contributed by atoms with E-state index in [4.69, 9.17) is 10.2 Å². The van der Waals surface area contributed by atoms with Crippen molar-refractivity contribution in [3.63, 3.8) is 0 Å². The molecule has 2 aliphatic heterocycles. The van der Waals surface area contributed by atoms with E-state index in [1.807, 2.05) is 0 Å². The van der Waals surface area contributed by atoms with Crippen molar-refractivity contribution in [1.29, 1.82) is 0 Å². The van der Waals surface area contributed by atoms with Crippen molar-refractivity contribution in [1.82, 2.24) is 10.2 Å². The van der Waals surface area contributed by atoms with Gasteiger partial charge in [0.25, 0.3) is 11.8 Å². The number of hydrogen-bond donors (Lipinski definition) is 3. The van der Waals surface area contributed by atoms with Gasteiger partial charge in [-0.3, -0.25) is 14.5 Å². The number of hydrogen-bond acceptors (Lipinski definition) is 9. The Hall–Kier alpha value is -1.84. The molecule has 2 aliphatic rings. The van der Waals surface area contributed by atoms with Gasteiger partial charge in [-0.2, -0.15) is 0 Å². The van der Waals surface area contributed by atoms with Crippen LogP contribution in [0.1, 0.15) is 5.76 Å². The maximum absolute atomic E-state index is 12.6. The third-order valence-corrected chi connectivity index (χ3v) is 5.42. The molecule has 3 amide bonds. The molecule has 0 spiro atoms. The summed E-state index contributed by atoms with van der Waals surface area (Å²) in [5.41, 5.74) is 4.68. The fourth-order valence-electron chi connectivity index (χ4n) is 2.87. The second kappa shape index (κ2) is 10.5. The number of nitrogens with one attached hydrogen (secondary N) is 1. The Labute approximate surface area is 216 Å². The summed E-state index contributed by atoms with van der Waals surface area (Å²) in [6.07, 6.45) is 0.290. The van der Waals surface area contributed by atoms with Crippen molar-refractivity contribution in [3.05, 3.63) is 35.4 Å². The fourth-order valence-corrected chi connectivity index (χ4v) is 4.19. The van der Waals surface area contributed by atoms with Crippen molar-refractivity contribution in [2.75, 3.05) is 19.5 Å². The molecule has 1 fully saturated rings. The van der Waals surface area contributed by atoms with E-state index in [-0.39, 0.29) is 86.5 Å². The SMILES string of the molecule is CON=C(C(=O)N[C@@H]1C(=O)N2C(C(=O)O)=C(COC(N)=O)CS[C@H]12)c1ccco1.[KH]. The number of ether oxygens (including phenoxy) is 1. The molecule has 30 heavy (non-hydrogen) atoms. The number of carbonyl (C=O) groups is 4. The summed E-state index contributed by atoms with van der Waals surface area (Å²) in [4.78, 5) is 53.3. The molecule has 2 atom stereocenters.